The molecule has 0 spiro atoms. The molecule has 2 aromatic rings. The number of hydrogen-bond acceptors (Lipinski definition) is 4. The zero-order chi connectivity index (χ0) is 17.8. The number of likely N-dealkylation sites (tertiary alicyclic amines) is 1. The van der Waals surface area contributed by atoms with E-state index in [0.717, 1.165) is 17.1 Å². The Kier molecular flexibility index (Phi) is 3.64. The van der Waals surface area contributed by atoms with E-state index >= 15 is 0 Å². The van der Waals surface area contributed by atoms with Crippen LogP contribution in [0.5, 0.6) is 0 Å². The van der Waals surface area contributed by atoms with Gasteiger partial charge >= 0.3 is 0 Å². The third-order valence-corrected chi connectivity index (χ3v) is 4.82. The lowest BCUT2D eigenvalue weighted by Crippen LogP contribution is -2.61. The molecule has 25 heavy (non-hydrogen) atoms. The van der Waals surface area contributed by atoms with Crippen molar-refractivity contribution in [3.05, 3.63) is 35.7 Å². The Labute approximate surface area is 143 Å². The van der Waals surface area contributed by atoms with Crippen molar-refractivity contribution in [3.8, 4) is 0 Å². The molecule has 0 aliphatic carbocycles. The van der Waals surface area contributed by atoms with Crippen LogP contribution in [0.3, 0.4) is 0 Å². The van der Waals surface area contributed by atoms with Gasteiger partial charge in [-0.2, -0.15) is 5.10 Å². The number of imidazole rings is 1. The normalized spacial score (nSPS) is 22.6. The highest BCUT2D eigenvalue weighted by molar-refractivity contribution is 5.82. The van der Waals surface area contributed by atoms with E-state index in [1.165, 1.54) is 4.90 Å². The van der Waals surface area contributed by atoms with Gasteiger partial charge in [-0.3, -0.25) is 14.4 Å². The average molecular weight is 350 g/mol. The molecule has 1 fully saturated rings. The summed E-state index contributed by atoms with van der Waals surface area (Å²) in [5.41, 5.74) is 2.90. The fourth-order valence-electron chi connectivity index (χ4n) is 3.60. The van der Waals surface area contributed by atoms with E-state index in [1.807, 2.05) is 29.3 Å². The minimum atomic E-state index is -2.76. The minimum Gasteiger partial charge on any atom is -0.329 e. The molecular weight excluding hydrogens is 330 g/mol. The van der Waals surface area contributed by atoms with Gasteiger partial charge in [-0.15, -0.1) is 0 Å². The van der Waals surface area contributed by atoms with Gasteiger partial charge in [0.15, 0.2) is 0 Å². The predicted octanol–water partition coefficient (Wildman–Crippen LogP) is 0.959. The Morgan fingerprint density at radius 3 is 2.80 bits per heavy atom. The van der Waals surface area contributed by atoms with Crippen molar-refractivity contribution in [2.75, 3.05) is 19.6 Å². The molecule has 2 aromatic heterocycles. The molecule has 134 valence electrons. The molecule has 0 aromatic carbocycles. The number of aromatic nitrogens is 4. The summed E-state index contributed by atoms with van der Waals surface area (Å²) in [6.45, 7) is 2.72. The molecule has 4 heterocycles. The van der Waals surface area contributed by atoms with E-state index in [1.54, 1.807) is 12.5 Å². The first kappa shape index (κ1) is 16.2. The largest absolute Gasteiger partial charge is 0.329 e. The van der Waals surface area contributed by atoms with Gasteiger partial charge in [-0.1, -0.05) is 0 Å². The standard InChI is InChI=1S/C16H20F2N6O/c1-11-3-12(21(2)20-11)5-22-6-13-4-19-10-24(13)14(7-22)15(25)23-8-16(17,18)9-23/h3-4,10,14H,5-9H2,1-2H3. The van der Waals surface area contributed by atoms with Crippen LogP contribution in [-0.4, -0.2) is 60.6 Å². The summed E-state index contributed by atoms with van der Waals surface area (Å²) in [6, 6.07) is 1.50. The van der Waals surface area contributed by atoms with Crippen LogP contribution in [0.1, 0.15) is 23.1 Å². The maximum Gasteiger partial charge on any atom is 0.282 e. The summed E-state index contributed by atoms with van der Waals surface area (Å²) in [7, 11) is 1.89. The van der Waals surface area contributed by atoms with Crippen molar-refractivity contribution in [2.45, 2.75) is 32.0 Å². The Hall–Kier alpha value is -2.29. The van der Waals surface area contributed by atoms with Gasteiger partial charge in [-0.25, -0.2) is 13.8 Å². The summed E-state index contributed by atoms with van der Waals surface area (Å²) in [6.07, 6.45) is 3.34. The molecule has 0 N–H and O–H groups in total. The molecule has 9 heteroatoms. The van der Waals surface area contributed by atoms with Gasteiger partial charge in [-0.05, 0) is 13.0 Å². The number of aryl methyl sites for hydroxylation is 2. The average Bonchev–Trinajstić information content (AvgIpc) is 3.09. The molecule has 1 unspecified atom stereocenters. The highest BCUT2D eigenvalue weighted by Crippen LogP contribution is 2.31. The Morgan fingerprint density at radius 1 is 1.40 bits per heavy atom. The van der Waals surface area contributed by atoms with E-state index in [2.05, 4.69) is 15.0 Å². The molecule has 1 amide bonds. The zero-order valence-electron chi connectivity index (χ0n) is 14.2. The first-order valence-electron chi connectivity index (χ1n) is 8.21. The fourth-order valence-corrected chi connectivity index (χ4v) is 3.60. The molecule has 2 aliphatic rings. The summed E-state index contributed by atoms with van der Waals surface area (Å²) in [4.78, 5) is 20.2. The van der Waals surface area contributed by atoms with Gasteiger partial charge in [0.2, 0.25) is 5.91 Å². The molecule has 4 rings (SSSR count). The molecule has 7 nitrogen and oxygen atoms in total. The first-order valence-corrected chi connectivity index (χ1v) is 8.21. The number of alkyl halides is 2. The quantitative estimate of drug-likeness (QED) is 0.827. The van der Waals surface area contributed by atoms with Gasteiger partial charge < -0.3 is 9.47 Å². The van der Waals surface area contributed by atoms with E-state index in [0.29, 0.717) is 19.6 Å². The number of carbonyl (C=O) groups excluding carboxylic acids is 1. The Bertz CT molecular complexity index is 805. The SMILES string of the molecule is Cc1cc(CN2Cc3cncn3C(C(=O)N3CC(F)(F)C3)C2)n(C)n1. The third-order valence-electron chi connectivity index (χ3n) is 4.82. The van der Waals surface area contributed by atoms with E-state index in [-0.39, 0.29) is 5.91 Å². The second-order valence-corrected chi connectivity index (χ2v) is 6.93. The molecule has 0 radical (unpaired) electrons. The molecule has 0 saturated carbocycles. The van der Waals surface area contributed by atoms with Crippen LogP contribution in [0.25, 0.3) is 0 Å². The molecule has 0 bridgehead atoms. The highest BCUT2D eigenvalue weighted by atomic mass is 19.3. The number of fused-ring (bicyclic) bond motifs is 1. The van der Waals surface area contributed by atoms with Crippen molar-refractivity contribution in [3.63, 3.8) is 0 Å². The fraction of sp³-hybridized carbons (Fsp3) is 0.562. The number of carbonyl (C=O) groups is 1. The summed E-state index contributed by atoms with van der Waals surface area (Å²) in [5, 5.41) is 4.35. The van der Waals surface area contributed by atoms with Crippen LogP contribution in [0.15, 0.2) is 18.6 Å². The second kappa shape index (κ2) is 5.62. The van der Waals surface area contributed by atoms with Gasteiger partial charge in [0.05, 0.1) is 36.5 Å². The monoisotopic (exact) mass is 350 g/mol. The number of rotatable bonds is 3. The van der Waals surface area contributed by atoms with E-state index in [9.17, 15) is 13.6 Å². The first-order chi connectivity index (χ1) is 11.8. The number of amides is 1. The van der Waals surface area contributed by atoms with Crippen LogP contribution >= 0.6 is 0 Å². The lowest BCUT2D eigenvalue weighted by molar-refractivity contribution is -0.170. The van der Waals surface area contributed by atoms with Gasteiger partial charge in [0.1, 0.15) is 6.04 Å². The lowest BCUT2D eigenvalue weighted by Gasteiger charge is -2.42. The summed E-state index contributed by atoms with van der Waals surface area (Å²) < 4.78 is 29.9. The molecule has 1 atom stereocenters. The Morgan fingerprint density at radius 2 is 2.16 bits per heavy atom. The van der Waals surface area contributed by atoms with Crippen LogP contribution < -0.4 is 0 Å². The van der Waals surface area contributed by atoms with Crippen molar-refractivity contribution in [1.82, 2.24) is 29.1 Å². The lowest BCUT2D eigenvalue weighted by atomic mass is 10.1. The van der Waals surface area contributed by atoms with Crippen molar-refractivity contribution in [2.24, 2.45) is 7.05 Å². The second-order valence-electron chi connectivity index (χ2n) is 6.93. The Balaban J connectivity index is 1.53. The molecule has 1 saturated heterocycles. The van der Waals surface area contributed by atoms with Gasteiger partial charge in [0.25, 0.3) is 5.92 Å². The topological polar surface area (TPSA) is 59.2 Å². The number of nitrogens with zero attached hydrogens (tertiary/aromatic N) is 6. The number of hydrogen-bond donors (Lipinski definition) is 0. The summed E-state index contributed by atoms with van der Waals surface area (Å²) in [5.74, 6) is -3.02. The maximum absolute atomic E-state index is 13.1. The van der Waals surface area contributed by atoms with Gasteiger partial charge in [0, 0.05) is 32.9 Å². The van der Waals surface area contributed by atoms with E-state index < -0.39 is 25.1 Å². The molecular formula is C16H20F2N6O. The van der Waals surface area contributed by atoms with Crippen LogP contribution in [0, 0.1) is 6.92 Å². The van der Waals surface area contributed by atoms with Crippen LogP contribution in [0.4, 0.5) is 8.78 Å². The summed E-state index contributed by atoms with van der Waals surface area (Å²) >= 11 is 0. The zero-order valence-corrected chi connectivity index (χ0v) is 14.2. The van der Waals surface area contributed by atoms with Crippen molar-refractivity contribution < 1.29 is 13.6 Å². The van der Waals surface area contributed by atoms with Crippen LogP contribution in [-0.2, 0) is 24.9 Å². The van der Waals surface area contributed by atoms with Crippen molar-refractivity contribution >= 4 is 5.91 Å². The highest BCUT2D eigenvalue weighted by Gasteiger charge is 2.48. The third kappa shape index (κ3) is 2.92. The maximum atomic E-state index is 13.1. The smallest absolute Gasteiger partial charge is 0.282 e. The number of halogens is 2. The van der Waals surface area contributed by atoms with Crippen molar-refractivity contribution in [1.29, 1.82) is 0 Å². The van der Waals surface area contributed by atoms with E-state index in [4.69, 9.17) is 0 Å². The minimum absolute atomic E-state index is 0.268. The predicted molar refractivity (Wildman–Crippen MR) is 84.9 cm³/mol. The van der Waals surface area contributed by atoms with Crippen LogP contribution in [0.2, 0.25) is 0 Å². The molecule has 2 aliphatic heterocycles.